The third-order valence-corrected chi connectivity index (χ3v) is 3.34. The van der Waals surface area contributed by atoms with Crippen LogP contribution in [0.5, 0.6) is 0 Å². The monoisotopic (exact) mass is 274 g/mol. The molecule has 0 atom stereocenters. The van der Waals surface area contributed by atoms with Gasteiger partial charge in [-0.3, -0.25) is 4.79 Å². The molecule has 0 aliphatic rings. The molecule has 19 heavy (non-hydrogen) atoms. The van der Waals surface area contributed by atoms with E-state index in [1.54, 1.807) is 0 Å². The Hall–Kier alpha value is -0.610. The van der Waals surface area contributed by atoms with Gasteiger partial charge in [0.15, 0.2) is 5.79 Å². The Labute approximate surface area is 117 Å². The largest absolute Gasteiger partial charge is 0.465 e. The molecule has 0 aliphatic carbocycles. The third-order valence-electron chi connectivity index (χ3n) is 3.34. The molecular formula is C15H30O4. The van der Waals surface area contributed by atoms with Crippen LogP contribution in [-0.4, -0.2) is 31.6 Å². The summed E-state index contributed by atoms with van der Waals surface area (Å²) in [4.78, 5) is 11.8. The molecule has 0 heterocycles. The molecule has 0 aromatic rings. The van der Waals surface area contributed by atoms with E-state index < -0.39 is 11.2 Å². The lowest BCUT2D eigenvalue weighted by molar-refractivity contribution is -0.226. The third kappa shape index (κ3) is 6.92. The summed E-state index contributed by atoms with van der Waals surface area (Å²) in [7, 11) is 0. The molecule has 0 aromatic carbocycles. The molecule has 0 N–H and O–H groups in total. The van der Waals surface area contributed by atoms with Crippen LogP contribution < -0.4 is 0 Å². The van der Waals surface area contributed by atoms with Gasteiger partial charge in [-0.1, -0.05) is 6.92 Å². The van der Waals surface area contributed by atoms with Gasteiger partial charge in [0.1, 0.15) is 0 Å². The lowest BCUT2D eigenvalue weighted by Gasteiger charge is -2.29. The molecule has 0 fully saturated rings. The van der Waals surface area contributed by atoms with E-state index in [1.165, 1.54) is 0 Å². The number of rotatable bonds is 10. The number of hydrogen-bond acceptors (Lipinski definition) is 4. The maximum Gasteiger partial charge on any atom is 0.311 e. The number of carbonyl (C=O) groups excluding carboxylic acids is 1. The molecule has 0 amide bonds. The van der Waals surface area contributed by atoms with Gasteiger partial charge in [0.05, 0.1) is 12.0 Å². The fourth-order valence-corrected chi connectivity index (χ4v) is 1.69. The van der Waals surface area contributed by atoms with E-state index in [-0.39, 0.29) is 5.97 Å². The minimum atomic E-state index is -0.573. The first-order valence-corrected chi connectivity index (χ1v) is 7.26. The van der Waals surface area contributed by atoms with Crippen molar-refractivity contribution in [3.8, 4) is 0 Å². The smallest absolute Gasteiger partial charge is 0.311 e. The van der Waals surface area contributed by atoms with Crippen molar-refractivity contribution in [3.05, 3.63) is 0 Å². The van der Waals surface area contributed by atoms with E-state index in [0.29, 0.717) is 26.2 Å². The second kappa shape index (κ2) is 8.54. The first kappa shape index (κ1) is 18.4. The molecule has 0 rings (SSSR count). The van der Waals surface area contributed by atoms with Crippen LogP contribution in [0.1, 0.15) is 60.8 Å². The van der Waals surface area contributed by atoms with Crippen LogP contribution in [0.2, 0.25) is 0 Å². The molecule has 0 aromatic heterocycles. The van der Waals surface area contributed by atoms with Crippen molar-refractivity contribution in [3.63, 3.8) is 0 Å². The number of esters is 1. The highest BCUT2D eigenvalue weighted by molar-refractivity contribution is 5.75. The molecule has 0 aliphatic heterocycles. The average Bonchev–Trinajstić information content (AvgIpc) is 2.35. The standard InChI is InChI=1S/C15H30O4/c1-7-14(4,5)13(16)17-12-10-11-15(6,18-8-2)19-9-3/h7-12H2,1-6H3. The summed E-state index contributed by atoms with van der Waals surface area (Å²) >= 11 is 0. The van der Waals surface area contributed by atoms with Crippen LogP contribution in [-0.2, 0) is 19.0 Å². The molecular weight excluding hydrogens is 244 g/mol. The highest BCUT2D eigenvalue weighted by Gasteiger charge is 2.28. The van der Waals surface area contributed by atoms with Crippen LogP contribution in [0.4, 0.5) is 0 Å². The van der Waals surface area contributed by atoms with Crippen LogP contribution in [0.3, 0.4) is 0 Å². The molecule has 0 saturated heterocycles. The minimum absolute atomic E-state index is 0.135. The van der Waals surface area contributed by atoms with Gasteiger partial charge in [0, 0.05) is 19.6 Å². The van der Waals surface area contributed by atoms with Gasteiger partial charge in [-0.25, -0.2) is 0 Å². The van der Waals surface area contributed by atoms with Crippen molar-refractivity contribution >= 4 is 5.97 Å². The lowest BCUT2D eigenvalue weighted by atomic mass is 9.91. The predicted molar refractivity (Wildman–Crippen MR) is 75.9 cm³/mol. The molecule has 4 heteroatoms. The second-order valence-corrected chi connectivity index (χ2v) is 5.48. The average molecular weight is 274 g/mol. The van der Waals surface area contributed by atoms with Crippen molar-refractivity contribution in [2.24, 2.45) is 5.41 Å². The second-order valence-electron chi connectivity index (χ2n) is 5.48. The van der Waals surface area contributed by atoms with E-state index in [9.17, 15) is 4.79 Å². The van der Waals surface area contributed by atoms with Gasteiger partial charge < -0.3 is 14.2 Å². The summed E-state index contributed by atoms with van der Waals surface area (Å²) in [5.41, 5.74) is -0.400. The van der Waals surface area contributed by atoms with E-state index in [0.717, 1.165) is 12.8 Å². The van der Waals surface area contributed by atoms with Crippen molar-refractivity contribution in [2.75, 3.05) is 19.8 Å². The first-order chi connectivity index (χ1) is 8.81. The van der Waals surface area contributed by atoms with Crippen LogP contribution in [0, 0.1) is 5.41 Å². The van der Waals surface area contributed by atoms with Crippen LogP contribution in [0.25, 0.3) is 0 Å². The van der Waals surface area contributed by atoms with Gasteiger partial charge in [0.2, 0.25) is 0 Å². The Morgan fingerprint density at radius 3 is 1.95 bits per heavy atom. The maximum absolute atomic E-state index is 11.8. The zero-order valence-corrected chi connectivity index (χ0v) is 13.4. The van der Waals surface area contributed by atoms with E-state index in [2.05, 4.69) is 0 Å². The Kier molecular flexibility index (Phi) is 8.26. The summed E-state index contributed by atoms with van der Waals surface area (Å²) < 4.78 is 16.5. The van der Waals surface area contributed by atoms with Crippen LogP contribution in [0.15, 0.2) is 0 Å². The van der Waals surface area contributed by atoms with Gasteiger partial charge in [-0.15, -0.1) is 0 Å². The van der Waals surface area contributed by atoms with Gasteiger partial charge in [0.25, 0.3) is 0 Å². The molecule has 0 unspecified atom stereocenters. The lowest BCUT2D eigenvalue weighted by Crippen LogP contribution is -2.33. The fraction of sp³-hybridized carbons (Fsp3) is 0.933. The quantitative estimate of drug-likeness (QED) is 0.347. The zero-order chi connectivity index (χ0) is 14.9. The Morgan fingerprint density at radius 1 is 1.00 bits per heavy atom. The summed E-state index contributed by atoms with van der Waals surface area (Å²) in [6, 6.07) is 0. The Balaban J connectivity index is 4.04. The SMILES string of the molecule is CCOC(C)(CCCOC(=O)C(C)(C)CC)OCC. The van der Waals surface area contributed by atoms with Crippen molar-refractivity contribution in [2.45, 2.75) is 66.6 Å². The van der Waals surface area contributed by atoms with Crippen molar-refractivity contribution in [1.29, 1.82) is 0 Å². The molecule has 4 nitrogen and oxygen atoms in total. The predicted octanol–water partition coefficient (Wildman–Crippen LogP) is 3.54. The van der Waals surface area contributed by atoms with Gasteiger partial charge in [-0.05, 0) is 47.5 Å². The highest BCUT2D eigenvalue weighted by Crippen LogP contribution is 2.23. The molecule has 0 spiro atoms. The molecule has 0 saturated carbocycles. The molecule has 114 valence electrons. The number of ether oxygens (including phenoxy) is 3. The number of hydrogen-bond donors (Lipinski definition) is 0. The fourth-order valence-electron chi connectivity index (χ4n) is 1.69. The highest BCUT2D eigenvalue weighted by atomic mass is 16.7. The summed E-state index contributed by atoms with van der Waals surface area (Å²) in [5, 5.41) is 0. The van der Waals surface area contributed by atoms with Crippen LogP contribution >= 0.6 is 0 Å². The molecule has 0 bridgehead atoms. The van der Waals surface area contributed by atoms with Gasteiger partial charge >= 0.3 is 5.97 Å². The first-order valence-electron chi connectivity index (χ1n) is 7.26. The van der Waals surface area contributed by atoms with E-state index in [1.807, 2.05) is 41.5 Å². The van der Waals surface area contributed by atoms with Gasteiger partial charge in [-0.2, -0.15) is 0 Å². The van der Waals surface area contributed by atoms with E-state index in [4.69, 9.17) is 14.2 Å². The maximum atomic E-state index is 11.8. The Morgan fingerprint density at radius 2 is 1.53 bits per heavy atom. The van der Waals surface area contributed by atoms with E-state index >= 15 is 0 Å². The summed E-state index contributed by atoms with van der Waals surface area (Å²) in [6.45, 7) is 13.2. The summed E-state index contributed by atoms with van der Waals surface area (Å²) in [5.74, 6) is -0.708. The molecule has 0 radical (unpaired) electrons. The normalized spacial score (nSPS) is 12.5. The Bertz CT molecular complexity index is 255. The topological polar surface area (TPSA) is 44.8 Å². The number of carbonyl (C=O) groups is 1. The minimum Gasteiger partial charge on any atom is -0.465 e. The van der Waals surface area contributed by atoms with Crippen molar-refractivity contribution < 1.29 is 19.0 Å². The van der Waals surface area contributed by atoms with Crippen molar-refractivity contribution in [1.82, 2.24) is 0 Å². The zero-order valence-electron chi connectivity index (χ0n) is 13.4. The summed E-state index contributed by atoms with van der Waals surface area (Å²) in [6.07, 6.45) is 2.23.